The van der Waals surface area contributed by atoms with Gasteiger partial charge in [0.1, 0.15) is 0 Å². The third kappa shape index (κ3) is 6.23. The lowest BCUT2D eigenvalue weighted by Crippen LogP contribution is -2.09. The predicted octanol–water partition coefficient (Wildman–Crippen LogP) is 5.50. The molecule has 2 nitrogen and oxygen atoms in total. The number of carbonyl (C=O) groups excluding carboxylic acids is 1. The highest BCUT2D eigenvalue weighted by atomic mass is 35.5. The second kappa shape index (κ2) is 10.3. The molecule has 0 atom stereocenters. The quantitative estimate of drug-likeness (QED) is 0.326. The summed E-state index contributed by atoms with van der Waals surface area (Å²) in [6.45, 7) is 0.527. The Morgan fingerprint density at radius 2 is 1.57 bits per heavy atom. The Balaban J connectivity index is 1.68. The fraction of sp³-hybridized carbons (Fsp3) is 0.450. The molecule has 0 spiro atoms. The molecule has 0 aromatic heterocycles. The monoisotopic (exact) mass is 332 g/mol. The Morgan fingerprint density at radius 3 is 2.39 bits per heavy atom. The number of fused-ring (bicyclic) bond motifs is 1. The first-order valence-electron chi connectivity index (χ1n) is 8.49. The SMILES string of the molecule is O=C(Cc1cccc2ccccc12)OCCCCCCCCCl. The summed E-state index contributed by atoms with van der Waals surface area (Å²) in [4.78, 5) is 12.0. The lowest BCUT2D eigenvalue weighted by atomic mass is 10.0. The molecule has 0 saturated carbocycles. The summed E-state index contributed by atoms with van der Waals surface area (Å²) < 4.78 is 5.36. The first-order valence-corrected chi connectivity index (χ1v) is 9.03. The van der Waals surface area contributed by atoms with E-state index in [9.17, 15) is 4.79 Å². The number of unbranched alkanes of at least 4 members (excludes halogenated alkanes) is 5. The van der Waals surface area contributed by atoms with Crippen LogP contribution >= 0.6 is 11.6 Å². The van der Waals surface area contributed by atoms with Crippen molar-refractivity contribution in [2.75, 3.05) is 12.5 Å². The maximum absolute atomic E-state index is 12.0. The number of hydrogen-bond donors (Lipinski definition) is 0. The van der Waals surface area contributed by atoms with Gasteiger partial charge in [-0.2, -0.15) is 0 Å². The lowest BCUT2D eigenvalue weighted by molar-refractivity contribution is -0.142. The summed E-state index contributed by atoms with van der Waals surface area (Å²) in [5, 5.41) is 2.29. The molecule has 0 amide bonds. The molecular weight excluding hydrogens is 308 g/mol. The fourth-order valence-electron chi connectivity index (χ4n) is 2.74. The van der Waals surface area contributed by atoms with Gasteiger partial charge >= 0.3 is 5.97 Å². The molecule has 0 N–H and O–H groups in total. The Bertz CT molecular complexity index is 604. The van der Waals surface area contributed by atoms with E-state index < -0.39 is 0 Å². The molecule has 23 heavy (non-hydrogen) atoms. The van der Waals surface area contributed by atoms with Gasteiger partial charge in [0, 0.05) is 5.88 Å². The number of rotatable bonds is 10. The van der Waals surface area contributed by atoms with Crippen LogP contribution in [0.25, 0.3) is 10.8 Å². The average Bonchev–Trinajstić information content (AvgIpc) is 2.57. The Labute approximate surface area is 143 Å². The topological polar surface area (TPSA) is 26.3 Å². The smallest absolute Gasteiger partial charge is 0.310 e. The molecule has 2 aromatic carbocycles. The zero-order chi connectivity index (χ0) is 16.3. The second-order valence-electron chi connectivity index (χ2n) is 5.85. The van der Waals surface area contributed by atoms with Gasteiger partial charge in [-0.15, -0.1) is 11.6 Å². The van der Waals surface area contributed by atoms with Crippen molar-refractivity contribution < 1.29 is 9.53 Å². The van der Waals surface area contributed by atoms with Crippen LogP contribution in [0.15, 0.2) is 42.5 Å². The van der Waals surface area contributed by atoms with E-state index in [2.05, 4.69) is 18.2 Å². The van der Waals surface area contributed by atoms with Gasteiger partial charge in [0.05, 0.1) is 13.0 Å². The van der Waals surface area contributed by atoms with Crippen molar-refractivity contribution in [1.82, 2.24) is 0 Å². The summed E-state index contributed by atoms with van der Waals surface area (Å²) in [6.07, 6.45) is 7.11. The summed E-state index contributed by atoms with van der Waals surface area (Å²) in [7, 11) is 0. The fourth-order valence-corrected chi connectivity index (χ4v) is 2.93. The summed E-state index contributed by atoms with van der Waals surface area (Å²) in [6, 6.07) is 14.2. The summed E-state index contributed by atoms with van der Waals surface area (Å²) in [5.41, 5.74) is 1.04. The van der Waals surface area contributed by atoms with E-state index in [-0.39, 0.29) is 5.97 Å². The number of benzene rings is 2. The van der Waals surface area contributed by atoms with Gasteiger partial charge in [0.15, 0.2) is 0 Å². The summed E-state index contributed by atoms with van der Waals surface area (Å²) >= 11 is 5.64. The zero-order valence-corrected chi connectivity index (χ0v) is 14.4. The number of halogens is 1. The molecule has 0 saturated heterocycles. The number of ether oxygens (including phenoxy) is 1. The van der Waals surface area contributed by atoms with Crippen molar-refractivity contribution in [2.45, 2.75) is 44.9 Å². The van der Waals surface area contributed by atoms with Gasteiger partial charge in [0.25, 0.3) is 0 Å². The van der Waals surface area contributed by atoms with Gasteiger partial charge in [0.2, 0.25) is 0 Å². The van der Waals surface area contributed by atoms with Crippen molar-refractivity contribution in [2.24, 2.45) is 0 Å². The lowest BCUT2D eigenvalue weighted by Gasteiger charge is -2.07. The molecule has 0 aliphatic carbocycles. The predicted molar refractivity (Wildman–Crippen MR) is 97.0 cm³/mol. The molecule has 0 bridgehead atoms. The normalized spacial score (nSPS) is 10.8. The largest absolute Gasteiger partial charge is 0.465 e. The van der Waals surface area contributed by atoms with Crippen LogP contribution in [0, 0.1) is 0 Å². The molecule has 2 rings (SSSR count). The van der Waals surface area contributed by atoms with E-state index in [0.717, 1.165) is 41.5 Å². The van der Waals surface area contributed by atoms with Crippen LogP contribution in [0.3, 0.4) is 0 Å². The molecule has 2 aromatic rings. The van der Waals surface area contributed by atoms with E-state index in [4.69, 9.17) is 16.3 Å². The van der Waals surface area contributed by atoms with E-state index in [1.165, 1.54) is 19.3 Å². The maximum atomic E-state index is 12.0. The third-order valence-corrected chi connectivity index (χ3v) is 4.27. The van der Waals surface area contributed by atoms with Crippen molar-refractivity contribution in [3.05, 3.63) is 48.0 Å². The molecule has 0 aliphatic heterocycles. The Morgan fingerprint density at radius 1 is 0.870 bits per heavy atom. The molecule has 3 heteroatoms. The van der Waals surface area contributed by atoms with Gasteiger partial charge in [-0.3, -0.25) is 4.79 Å². The van der Waals surface area contributed by atoms with Crippen LogP contribution in [-0.4, -0.2) is 18.5 Å². The number of hydrogen-bond acceptors (Lipinski definition) is 2. The number of alkyl halides is 1. The Hall–Kier alpha value is -1.54. The van der Waals surface area contributed by atoms with Crippen LogP contribution in [0.2, 0.25) is 0 Å². The number of esters is 1. The van der Waals surface area contributed by atoms with E-state index >= 15 is 0 Å². The van der Waals surface area contributed by atoms with Crippen LogP contribution in [-0.2, 0) is 16.0 Å². The van der Waals surface area contributed by atoms with Crippen molar-refractivity contribution >= 4 is 28.3 Å². The van der Waals surface area contributed by atoms with Crippen LogP contribution < -0.4 is 0 Å². The highest BCUT2D eigenvalue weighted by Crippen LogP contribution is 2.19. The first-order chi connectivity index (χ1) is 11.3. The molecule has 0 radical (unpaired) electrons. The second-order valence-corrected chi connectivity index (χ2v) is 6.22. The number of carbonyl (C=O) groups is 1. The molecular formula is C20H25ClO2. The average molecular weight is 333 g/mol. The van der Waals surface area contributed by atoms with Crippen molar-refractivity contribution in [1.29, 1.82) is 0 Å². The molecule has 124 valence electrons. The Kier molecular flexibility index (Phi) is 7.96. The summed E-state index contributed by atoms with van der Waals surface area (Å²) in [5.74, 6) is 0.620. The van der Waals surface area contributed by atoms with Crippen molar-refractivity contribution in [3.63, 3.8) is 0 Å². The zero-order valence-electron chi connectivity index (χ0n) is 13.6. The van der Waals surface area contributed by atoms with Gasteiger partial charge < -0.3 is 4.74 Å². The van der Waals surface area contributed by atoms with Crippen LogP contribution in [0.4, 0.5) is 0 Å². The molecule has 0 fully saturated rings. The minimum Gasteiger partial charge on any atom is -0.465 e. The van der Waals surface area contributed by atoms with E-state index in [1.807, 2.05) is 24.3 Å². The van der Waals surface area contributed by atoms with Gasteiger partial charge in [-0.1, -0.05) is 68.1 Å². The van der Waals surface area contributed by atoms with Crippen LogP contribution in [0.5, 0.6) is 0 Å². The molecule has 0 heterocycles. The van der Waals surface area contributed by atoms with Gasteiger partial charge in [-0.25, -0.2) is 0 Å². The molecule has 0 aliphatic rings. The standard InChI is InChI=1S/C20H25ClO2/c21-14-7-3-1-2-4-8-15-23-20(22)16-18-12-9-11-17-10-5-6-13-19(17)18/h5-6,9-13H,1-4,7-8,14-16H2. The van der Waals surface area contributed by atoms with E-state index in [1.54, 1.807) is 0 Å². The van der Waals surface area contributed by atoms with Crippen LogP contribution in [0.1, 0.15) is 44.1 Å². The minimum atomic E-state index is -0.136. The first kappa shape index (κ1) is 17.8. The third-order valence-electron chi connectivity index (χ3n) is 4.01. The minimum absolute atomic E-state index is 0.136. The highest BCUT2D eigenvalue weighted by Gasteiger charge is 2.07. The highest BCUT2D eigenvalue weighted by molar-refractivity contribution is 6.17. The molecule has 0 unspecified atom stereocenters. The van der Waals surface area contributed by atoms with Crippen molar-refractivity contribution in [3.8, 4) is 0 Å². The maximum Gasteiger partial charge on any atom is 0.310 e. The van der Waals surface area contributed by atoms with Gasteiger partial charge in [-0.05, 0) is 29.2 Å². The van der Waals surface area contributed by atoms with E-state index in [0.29, 0.717) is 13.0 Å².